The number of nitrogens with zero attached hydrogens (tertiary/aromatic N) is 2. The minimum atomic E-state index is -3.93. The SMILES string of the molecule is CCCCNC(=O)C(C)N(Cc1ccccc1F)C(=O)CN(c1cc(Cl)cc(Cl)c1)S(C)(=O)=O. The van der Waals surface area contributed by atoms with Gasteiger partial charge in [-0.15, -0.1) is 0 Å². The number of nitrogens with one attached hydrogen (secondary N) is 1. The predicted molar refractivity (Wildman–Crippen MR) is 133 cm³/mol. The standard InChI is InChI=1S/C23H28Cl2FN3O4S/c1-4-5-10-27-23(31)16(2)28(14-17-8-6-7-9-21(17)26)22(30)15-29(34(3,32)33)20-12-18(24)11-19(25)13-20/h6-9,11-13,16H,4-5,10,14-15H2,1-3H3,(H,27,31). The number of unbranched alkanes of at least 4 members (excludes halogenated alkanes) is 1. The van der Waals surface area contributed by atoms with Crippen LogP contribution >= 0.6 is 23.2 Å². The van der Waals surface area contributed by atoms with Crippen molar-refractivity contribution in [3.63, 3.8) is 0 Å². The Balaban J connectivity index is 2.39. The molecule has 1 N–H and O–H groups in total. The zero-order valence-electron chi connectivity index (χ0n) is 19.2. The summed E-state index contributed by atoms with van der Waals surface area (Å²) in [6.07, 6.45) is 2.58. The van der Waals surface area contributed by atoms with Crippen molar-refractivity contribution in [2.75, 3.05) is 23.7 Å². The molecule has 0 fully saturated rings. The molecule has 0 saturated carbocycles. The Bertz CT molecular complexity index is 1110. The summed E-state index contributed by atoms with van der Waals surface area (Å²) in [6.45, 7) is 3.07. The Labute approximate surface area is 209 Å². The van der Waals surface area contributed by atoms with Crippen molar-refractivity contribution < 1.29 is 22.4 Å². The summed E-state index contributed by atoms with van der Waals surface area (Å²) in [5.74, 6) is -1.65. The van der Waals surface area contributed by atoms with E-state index in [1.807, 2.05) is 6.92 Å². The highest BCUT2D eigenvalue weighted by molar-refractivity contribution is 7.92. The number of halogens is 3. The number of anilines is 1. The van der Waals surface area contributed by atoms with Gasteiger partial charge in [-0.1, -0.05) is 54.7 Å². The minimum absolute atomic E-state index is 0.0965. The number of hydrogen-bond acceptors (Lipinski definition) is 4. The first-order valence-electron chi connectivity index (χ1n) is 10.7. The highest BCUT2D eigenvalue weighted by Gasteiger charge is 2.30. The van der Waals surface area contributed by atoms with E-state index in [2.05, 4.69) is 5.32 Å². The van der Waals surface area contributed by atoms with Gasteiger partial charge in [0.25, 0.3) is 0 Å². The first kappa shape index (κ1) is 27.9. The zero-order chi connectivity index (χ0) is 25.5. The quantitative estimate of drug-likeness (QED) is 0.439. The maximum Gasteiger partial charge on any atom is 0.244 e. The molecule has 1 unspecified atom stereocenters. The second-order valence-corrected chi connectivity index (χ2v) is 10.6. The molecule has 7 nitrogen and oxygen atoms in total. The number of hydrogen-bond donors (Lipinski definition) is 1. The molecule has 0 aliphatic rings. The van der Waals surface area contributed by atoms with E-state index in [1.54, 1.807) is 6.07 Å². The number of benzene rings is 2. The zero-order valence-corrected chi connectivity index (χ0v) is 21.6. The van der Waals surface area contributed by atoms with E-state index >= 15 is 0 Å². The van der Waals surface area contributed by atoms with E-state index < -0.39 is 40.2 Å². The van der Waals surface area contributed by atoms with Crippen molar-refractivity contribution in [2.24, 2.45) is 0 Å². The molecule has 2 aromatic carbocycles. The van der Waals surface area contributed by atoms with Crippen LogP contribution in [0.5, 0.6) is 0 Å². The van der Waals surface area contributed by atoms with E-state index in [0.29, 0.717) is 6.54 Å². The van der Waals surface area contributed by atoms with Crippen molar-refractivity contribution in [2.45, 2.75) is 39.3 Å². The van der Waals surface area contributed by atoms with E-state index in [-0.39, 0.29) is 27.8 Å². The van der Waals surface area contributed by atoms with E-state index in [9.17, 15) is 22.4 Å². The third-order valence-electron chi connectivity index (χ3n) is 5.11. The van der Waals surface area contributed by atoms with Crippen LogP contribution in [0.3, 0.4) is 0 Å². The summed E-state index contributed by atoms with van der Waals surface area (Å²) >= 11 is 12.0. The second kappa shape index (κ2) is 12.4. The largest absolute Gasteiger partial charge is 0.354 e. The Morgan fingerprint density at radius 2 is 1.74 bits per heavy atom. The van der Waals surface area contributed by atoms with E-state index in [4.69, 9.17) is 23.2 Å². The lowest BCUT2D eigenvalue weighted by atomic mass is 10.1. The summed E-state index contributed by atoms with van der Waals surface area (Å²) in [5.41, 5.74) is 0.292. The Morgan fingerprint density at radius 1 is 1.12 bits per heavy atom. The average Bonchev–Trinajstić information content (AvgIpc) is 2.74. The fourth-order valence-electron chi connectivity index (χ4n) is 3.23. The highest BCUT2D eigenvalue weighted by Crippen LogP contribution is 2.27. The third-order valence-corrected chi connectivity index (χ3v) is 6.69. The molecule has 0 radical (unpaired) electrons. The van der Waals surface area contributed by atoms with Gasteiger partial charge in [-0.2, -0.15) is 0 Å². The lowest BCUT2D eigenvalue weighted by molar-refractivity contribution is -0.139. The molecular weight excluding hydrogens is 504 g/mol. The molecule has 0 spiro atoms. The molecule has 0 heterocycles. The van der Waals surface area contributed by atoms with Crippen LogP contribution in [0.1, 0.15) is 32.3 Å². The monoisotopic (exact) mass is 531 g/mol. The summed E-state index contributed by atoms with van der Waals surface area (Å²) in [6, 6.07) is 9.07. The average molecular weight is 532 g/mol. The maximum absolute atomic E-state index is 14.4. The van der Waals surface area contributed by atoms with Gasteiger partial charge >= 0.3 is 0 Å². The lowest BCUT2D eigenvalue weighted by Crippen LogP contribution is -2.51. The van der Waals surface area contributed by atoms with Gasteiger partial charge in [0.2, 0.25) is 21.8 Å². The molecule has 0 aliphatic heterocycles. The van der Waals surface area contributed by atoms with Crippen LogP contribution in [0.15, 0.2) is 42.5 Å². The van der Waals surface area contributed by atoms with Crippen molar-refractivity contribution in [3.8, 4) is 0 Å². The molecule has 2 rings (SSSR count). The highest BCUT2D eigenvalue weighted by atomic mass is 35.5. The molecule has 2 aromatic rings. The summed E-state index contributed by atoms with van der Waals surface area (Å²) in [7, 11) is -3.93. The molecule has 2 amide bonds. The fraction of sp³-hybridized carbons (Fsp3) is 0.391. The van der Waals surface area contributed by atoms with Gasteiger partial charge in [-0.25, -0.2) is 12.8 Å². The molecule has 0 aliphatic carbocycles. The van der Waals surface area contributed by atoms with Gasteiger partial charge in [-0.05, 0) is 37.6 Å². The molecule has 0 bridgehead atoms. The summed E-state index contributed by atoms with van der Waals surface area (Å²) in [5, 5.41) is 3.14. The smallest absolute Gasteiger partial charge is 0.244 e. The van der Waals surface area contributed by atoms with Crippen molar-refractivity contribution >= 4 is 50.7 Å². The lowest BCUT2D eigenvalue weighted by Gasteiger charge is -2.31. The predicted octanol–water partition coefficient (Wildman–Crippen LogP) is 4.23. The van der Waals surface area contributed by atoms with Gasteiger partial charge < -0.3 is 10.2 Å². The number of amides is 2. The number of carbonyl (C=O) groups excluding carboxylic acids is 2. The second-order valence-electron chi connectivity index (χ2n) is 7.83. The normalized spacial score (nSPS) is 12.2. The Kier molecular flexibility index (Phi) is 10.1. The minimum Gasteiger partial charge on any atom is -0.354 e. The van der Waals surface area contributed by atoms with Crippen LogP contribution in [-0.4, -0.2) is 50.5 Å². The van der Waals surface area contributed by atoms with E-state index in [0.717, 1.165) is 28.3 Å². The van der Waals surface area contributed by atoms with Gasteiger partial charge in [-0.3, -0.25) is 13.9 Å². The first-order valence-corrected chi connectivity index (χ1v) is 13.3. The maximum atomic E-state index is 14.4. The molecule has 0 aromatic heterocycles. The van der Waals surface area contributed by atoms with Crippen LogP contribution in [0, 0.1) is 5.82 Å². The van der Waals surface area contributed by atoms with Crippen LogP contribution in [0.4, 0.5) is 10.1 Å². The van der Waals surface area contributed by atoms with Crippen molar-refractivity contribution in [3.05, 3.63) is 63.9 Å². The van der Waals surface area contributed by atoms with Crippen LogP contribution in [-0.2, 0) is 26.2 Å². The topological polar surface area (TPSA) is 86.8 Å². The van der Waals surface area contributed by atoms with Crippen LogP contribution in [0.2, 0.25) is 10.0 Å². The van der Waals surface area contributed by atoms with E-state index in [1.165, 1.54) is 43.3 Å². The molecular formula is C23H28Cl2FN3O4S. The number of carbonyl (C=O) groups is 2. The molecule has 0 saturated heterocycles. The molecule has 1 atom stereocenters. The van der Waals surface area contributed by atoms with Gasteiger partial charge in [0.15, 0.2) is 0 Å². The fourth-order valence-corrected chi connectivity index (χ4v) is 4.57. The van der Waals surface area contributed by atoms with Crippen molar-refractivity contribution in [1.82, 2.24) is 10.2 Å². The Morgan fingerprint density at radius 3 is 2.29 bits per heavy atom. The number of sulfonamides is 1. The van der Waals surface area contributed by atoms with Crippen molar-refractivity contribution in [1.29, 1.82) is 0 Å². The molecule has 186 valence electrons. The summed E-state index contributed by atoms with van der Waals surface area (Å²) < 4.78 is 40.3. The number of rotatable bonds is 11. The first-order chi connectivity index (χ1) is 15.9. The van der Waals surface area contributed by atoms with Gasteiger partial charge in [0.05, 0.1) is 11.9 Å². The van der Waals surface area contributed by atoms with Gasteiger partial charge in [0.1, 0.15) is 18.4 Å². The Hall–Kier alpha value is -2.36. The molecule has 11 heteroatoms. The third kappa shape index (κ3) is 7.85. The van der Waals surface area contributed by atoms with Crippen LogP contribution < -0.4 is 9.62 Å². The summed E-state index contributed by atoms with van der Waals surface area (Å²) in [4.78, 5) is 27.3. The van der Waals surface area contributed by atoms with Gasteiger partial charge in [0, 0.05) is 28.7 Å². The van der Waals surface area contributed by atoms with Crippen LogP contribution in [0.25, 0.3) is 0 Å². The molecule has 34 heavy (non-hydrogen) atoms.